The molecule has 9 N–H and O–H groups in total. The van der Waals surface area contributed by atoms with Crippen LogP contribution in [0.25, 0.3) is 0 Å². The van der Waals surface area contributed by atoms with Gasteiger partial charge in [-0.25, -0.2) is 9.97 Å². The fourth-order valence-corrected chi connectivity index (χ4v) is 4.90. The second-order valence-corrected chi connectivity index (χ2v) is 11.2. The quantitative estimate of drug-likeness (QED) is 0.0552. The molecule has 4 heterocycles. The van der Waals surface area contributed by atoms with E-state index in [2.05, 4.69) is 31.0 Å². The Labute approximate surface area is 256 Å². The zero-order valence-corrected chi connectivity index (χ0v) is 25.3. The first kappa shape index (κ1) is 32.5. The van der Waals surface area contributed by atoms with Crippen LogP contribution in [0.4, 0.5) is 23.0 Å². The van der Waals surface area contributed by atoms with Crippen LogP contribution in [-0.2, 0) is 0 Å². The third-order valence-corrected chi connectivity index (χ3v) is 8.28. The molecule has 4 rings (SSSR count). The average molecular weight is 600 g/mol. The van der Waals surface area contributed by atoms with Crippen molar-refractivity contribution >= 4 is 60.3 Å². The molecule has 1 aliphatic rings. The van der Waals surface area contributed by atoms with Crippen LogP contribution >= 0.6 is 0 Å². The standard InChI is InChI=1S/C24H32B4N10O6/c1-11-6-13(8-29)32-10-15(11)44-17-7-14(18(36-30)19(31-2)35-17)34-16-5-4-12(9-33-16)20(39)38-22(27,40)21(25,26)37(3)23(28,41)24(38,42)43/h4-7,9-10,36,40-43H,25-28,30H2,1-3H3,(H2,31,33,34,35). The summed E-state index contributed by atoms with van der Waals surface area (Å²) in [6, 6.07) is 7.91. The number of hydrogen-bond donors (Lipinski definition) is 8. The van der Waals surface area contributed by atoms with Crippen LogP contribution in [0.15, 0.2) is 36.7 Å². The first-order valence-corrected chi connectivity index (χ1v) is 13.4. The van der Waals surface area contributed by atoms with Crippen LogP contribution in [0.5, 0.6) is 11.6 Å². The van der Waals surface area contributed by atoms with Gasteiger partial charge in [-0.2, -0.15) is 10.2 Å². The third-order valence-electron chi connectivity index (χ3n) is 8.28. The van der Waals surface area contributed by atoms with E-state index >= 15 is 0 Å². The summed E-state index contributed by atoms with van der Waals surface area (Å²) >= 11 is 0. The number of ether oxygens (including phenoxy) is 1. The molecular weight excluding hydrogens is 568 g/mol. The fraction of sp³-hybridized carbons (Fsp3) is 0.292. The Morgan fingerprint density at radius 3 is 2.32 bits per heavy atom. The minimum absolute atomic E-state index is 0.102. The summed E-state index contributed by atoms with van der Waals surface area (Å²) in [7, 11) is 8.52. The Balaban J connectivity index is 1.66. The van der Waals surface area contributed by atoms with E-state index in [1.807, 2.05) is 6.07 Å². The summed E-state index contributed by atoms with van der Waals surface area (Å²) in [6.45, 7) is 1.76. The Bertz CT molecular complexity index is 1610. The van der Waals surface area contributed by atoms with E-state index in [1.54, 1.807) is 41.8 Å². The van der Waals surface area contributed by atoms with Crippen LogP contribution < -0.4 is 26.6 Å². The number of nitrogens with one attached hydrogen (secondary N) is 3. The van der Waals surface area contributed by atoms with E-state index in [0.29, 0.717) is 33.4 Å². The van der Waals surface area contributed by atoms with Gasteiger partial charge in [-0.1, -0.05) is 0 Å². The van der Waals surface area contributed by atoms with Gasteiger partial charge in [-0.3, -0.25) is 20.4 Å². The van der Waals surface area contributed by atoms with Crippen molar-refractivity contribution in [2.75, 3.05) is 30.2 Å². The van der Waals surface area contributed by atoms with Crippen LogP contribution in [0.2, 0.25) is 0 Å². The molecule has 44 heavy (non-hydrogen) atoms. The lowest BCUT2D eigenvalue weighted by molar-refractivity contribution is -0.402. The molecule has 0 saturated carbocycles. The number of pyridine rings is 3. The molecule has 0 aliphatic carbocycles. The molecule has 0 aromatic carbocycles. The smallest absolute Gasteiger partial charge is 0.286 e. The summed E-state index contributed by atoms with van der Waals surface area (Å²) in [4.78, 5) is 28.0. The second kappa shape index (κ2) is 11.3. The molecule has 3 aromatic rings. The molecule has 2 unspecified atom stereocenters. The highest BCUT2D eigenvalue weighted by molar-refractivity contribution is 6.45. The highest BCUT2D eigenvalue weighted by Gasteiger charge is 2.69. The van der Waals surface area contributed by atoms with Gasteiger partial charge in [-0.15, -0.1) is 0 Å². The van der Waals surface area contributed by atoms with Crippen molar-refractivity contribution in [2.45, 2.75) is 29.4 Å². The lowest BCUT2D eigenvalue weighted by atomic mass is 9.46. The van der Waals surface area contributed by atoms with Gasteiger partial charge < -0.3 is 41.2 Å². The van der Waals surface area contributed by atoms with E-state index in [1.165, 1.54) is 44.3 Å². The maximum atomic E-state index is 13.6. The van der Waals surface area contributed by atoms with E-state index < -0.39 is 28.4 Å². The SMILES string of the molecule is BC1(B)N(C)C(B)(O)C(O)(O)N(C(=O)c2ccc(Nc3cc(Oc4cnc(C#N)cc4C)nc(NC)c3NN)nc2)C1(B)O. The number of hydrogen-bond acceptors (Lipinski definition) is 15. The first-order valence-electron chi connectivity index (χ1n) is 13.4. The van der Waals surface area contributed by atoms with E-state index in [9.17, 15) is 25.2 Å². The minimum atomic E-state index is -3.18. The summed E-state index contributed by atoms with van der Waals surface area (Å²) in [6.07, 6.45) is 2.59. The molecule has 0 spiro atoms. The van der Waals surface area contributed by atoms with Crippen molar-refractivity contribution in [1.29, 1.82) is 5.26 Å². The van der Waals surface area contributed by atoms with Crippen molar-refractivity contribution < 1.29 is 30.0 Å². The molecule has 3 aromatic heterocycles. The number of carbonyl (C=O) groups is 1. The topological polar surface area (TPSA) is 238 Å². The summed E-state index contributed by atoms with van der Waals surface area (Å²) in [5.41, 5.74) is -0.378. The number of aliphatic hydroxyl groups is 4. The summed E-state index contributed by atoms with van der Waals surface area (Å²) in [5.74, 6) is 2.72. The number of piperazine rings is 1. The molecular formula is C24H32B4N10O6. The monoisotopic (exact) mass is 600 g/mol. The predicted molar refractivity (Wildman–Crippen MR) is 171 cm³/mol. The van der Waals surface area contributed by atoms with Gasteiger partial charge in [0.25, 0.3) is 11.8 Å². The van der Waals surface area contributed by atoms with Crippen LogP contribution in [-0.4, -0.2) is 119 Å². The van der Waals surface area contributed by atoms with Crippen LogP contribution in [0, 0.1) is 18.3 Å². The maximum absolute atomic E-state index is 13.6. The van der Waals surface area contributed by atoms with Crippen molar-refractivity contribution in [2.24, 2.45) is 5.84 Å². The number of nitrogen functional groups attached to an aromatic ring is 1. The minimum Gasteiger partial charge on any atom is -0.437 e. The zero-order valence-electron chi connectivity index (χ0n) is 25.3. The molecule has 1 saturated heterocycles. The molecule has 0 bridgehead atoms. The van der Waals surface area contributed by atoms with Gasteiger partial charge in [0.2, 0.25) is 5.88 Å². The molecule has 0 radical (unpaired) electrons. The highest BCUT2D eigenvalue weighted by Crippen LogP contribution is 2.43. The number of rotatable bonds is 7. The molecule has 2 atom stereocenters. The number of hydrazine groups is 1. The largest absolute Gasteiger partial charge is 0.437 e. The average Bonchev–Trinajstić information content (AvgIpc) is 2.96. The van der Waals surface area contributed by atoms with Gasteiger partial charge in [0.05, 0.1) is 17.4 Å². The molecule has 16 nitrogen and oxygen atoms in total. The Morgan fingerprint density at radius 2 is 1.77 bits per heavy atom. The van der Waals surface area contributed by atoms with Crippen molar-refractivity contribution in [3.05, 3.63) is 53.5 Å². The Hall–Kier alpha value is -4.37. The Kier molecular flexibility index (Phi) is 8.34. The van der Waals surface area contributed by atoms with Gasteiger partial charge >= 0.3 is 0 Å². The normalized spacial score (nSPS) is 22.5. The zero-order chi connectivity index (χ0) is 32.8. The molecule has 20 heteroatoms. The number of nitrogens with zero attached hydrogens (tertiary/aromatic N) is 6. The number of nitriles is 1. The first-order chi connectivity index (χ1) is 20.4. The molecule has 1 amide bonds. The molecule has 226 valence electrons. The van der Waals surface area contributed by atoms with Gasteiger partial charge in [0, 0.05) is 24.6 Å². The number of anilines is 4. The summed E-state index contributed by atoms with van der Waals surface area (Å²) < 4.78 is 5.93. The Morgan fingerprint density at radius 1 is 1.09 bits per heavy atom. The summed E-state index contributed by atoms with van der Waals surface area (Å²) in [5, 5.41) is 58.1. The van der Waals surface area contributed by atoms with E-state index in [-0.39, 0.29) is 23.0 Å². The molecule has 1 fully saturated rings. The number of nitrogens with two attached hydrogens (primary N) is 1. The lowest BCUT2D eigenvalue weighted by Gasteiger charge is -2.66. The molecule has 1 aliphatic heterocycles. The third kappa shape index (κ3) is 5.19. The van der Waals surface area contributed by atoms with Gasteiger partial charge in [-0.05, 0) is 37.7 Å². The second-order valence-electron chi connectivity index (χ2n) is 11.2. The number of amides is 1. The highest BCUT2D eigenvalue weighted by atomic mass is 16.6. The number of likely N-dealkylation sites (N-methyl/N-ethyl adjacent to an activating group) is 1. The lowest BCUT2D eigenvalue weighted by Crippen LogP contribution is -2.91. The van der Waals surface area contributed by atoms with Crippen molar-refractivity contribution in [3.63, 3.8) is 0 Å². The van der Waals surface area contributed by atoms with Gasteiger partial charge in [0.15, 0.2) is 32.9 Å². The van der Waals surface area contributed by atoms with Crippen molar-refractivity contribution in [1.82, 2.24) is 24.8 Å². The van der Waals surface area contributed by atoms with E-state index in [4.69, 9.17) is 15.8 Å². The fourth-order valence-electron chi connectivity index (χ4n) is 4.90. The number of aryl methyl sites for hydroxylation is 1. The number of aromatic nitrogens is 3. The van der Waals surface area contributed by atoms with Crippen LogP contribution in [0.1, 0.15) is 21.6 Å². The maximum Gasteiger partial charge on any atom is 0.286 e. The van der Waals surface area contributed by atoms with Crippen LogP contribution in [0.3, 0.4) is 0 Å². The predicted octanol–water partition coefficient (Wildman–Crippen LogP) is -4.58. The number of carbonyl (C=O) groups excluding carboxylic acids is 1. The van der Waals surface area contributed by atoms with Crippen molar-refractivity contribution in [3.8, 4) is 17.7 Å². The van der Waals surface area contributed by atoms with Gasteiger partial charge in [0.1, 0.15) is 44.6 Å². The van der Waals surface area contributed by atoms with E-state index in [0.717, 1.165) is 7.85 Å².